The predicted molar refractivity (Wildman–Crippen MR) is 116 cm³/mol. The molecule has 1 unspecified atom stereocenters. The number of thiazole rings is 1. The first kappa shape index (κ1) is 20.3. The van der Waals surface area contributed by atoms with Gasteiger partial charge < -0.3 is 14.8 Å². The van der Waals surface area contributed by atoms with Crippen molar-refractivity contribution in [2.75, 3.05) is 19.0 Å². The maximum Gasteiger partial charge on any atom is 0.290 e. The zero-order valence-corrected chi connectivity index (χ0v) is 18.3. The van der Waals surface area contributed by atoms with Gasteiger partial charge in [0.05, 0.1) is 32.2 Å². The van der Waals surface area contributed by atoms with Gasteiger partial charge in [-0.05, 0) is 32.4 Å². The number of rotatable bonds is 8. The van der Waals surface area contributed by atoms with Crippen LogP contribution < -0.4 is 20.3 Å². The van der Waals surface area contributed by atoms with Gasteiger partial charge in [-0.15, -0.1) is 16.4 Å². The summed E-state index contributed by atoms with van der Waals surface area (Å²) in [6, 6.07) is 5.59. The normalized spacial score (nSPS) is 17.6. The standard InChI is InChI=1S/C21H25N5O3S/c1-12-13(2)30-20(24-12)10-23-18-8-19(25-26(3)21(18)27)29-11-14-7-16(14)17-6-5-15(28-4)9-22-17/h5-6,8-9,14,16,23H,7,10-11H2,1-4H3/t14?,16-/m0/s1. The van der Waals surface area contributed by atoms with Crippen LogP contribution in [0, 0.1) is 19.8 Å². The van der Waals surface area contributed by atoms with Crippen molar-refractivity contribution in [3.63, 3.8) is 0 Å². The number of nitrogens with zero attached hydrogens (tertiary/aromatic N) is 4. The Kier molecular flexibility index (Phi) is 5.72. The fourth-order valence-corrected chi connectivity index (χ4v) is 4.16. The minimum Gasteiger partial charge on any atom is -0.495 e. The van der Waals surface area contributed by atoms with E-state index in [0.29, 0.717) is 36.6 Å². The van der Waals surface area contributed by atoms with Crippen LogP contribution in [-0.4, -0.2) is 33.5 Å². The van der Waals surface area contributed by atoms with Crippen LogP contribution in [0.2, 0.25) is 0 Å². The Morgan fingerprint density at radius 1 is 1.33 bits per heavy atom. The molecule has 0 amide bonds. The Bertz CT molecular complexity index is 1070. The van der Waals surface area contributed by atoms with Crippen LogP contribution >= 0.6 is 11.3 Å². The van der Waals surface area contributed by atoms with E-state index in [2.05, 4.69) is 20.4 Å². The van der Waals surface area contributed by atoms with Gasteiger partial charge in [-0.25, -0.2) is 9.67 Å². The van der Waals surface area contributed by atoms with Crippen LogP contribution in [0.4, 0.5) is 5.69 Å². The summed E-state index contributed by atoms with van der Waals surface area (Å²) in [5.41, 5.74) is 2.33. The van der Waals surface area contributed by atoms with E-state index in [1.807, 2.05) is 26.0 Å². The van der Waals surface area contributed by atoms with Gasteiger partial charge in [-0.2, -0.15) is 0 Å². The highest BCUT2D eigenvalue weighted by atomic mass is 32.1. The molecule has 158 valence electrons. The van der Waals surface area contributed by atoms with Gasteiger partial charge in [0, 0.05) is 35.5 Å². The molecular formula is C21H25N5O3S. The number of nitrogens with one attached hydrogen (secondary N) is 1. The topological polar surface area (TPSA) is 91.2 Å². The maximum atomic E-state index is 12.4. The van der Waals surface area contributed by atoms with Gasteiger partial charge in [0.2, 0.25) is 5.88 Å². The highest BCUT2D eigenvalue weighted by molar-refractivity contribution is 7.11. The minimum absolute atomic E-state index is 0.195. The summed E-state index contributed by atoms with van der Waals surface area (Å²) in [5, 5.41) is 8.34. The van der Waals surface area contributed by atoms with E-state index in [4.69, 9.17) is 9.47 Å². The van der Waals surface area contributed by atoms with E-state index >= 15 is 0 Å². The molecule has 1 aliphatic carbocycles. The van der Waals surface area contributed by atoms with Gasteiger partial charge in [0.1, 0.15) is 16.4 Å². The monoisotopic (exact) mass is 427 g/mol. The Morgan fingerprint density at radius 2 is 2.17 bits per heavy atom. The lowest BCUT2D eigenvalue weighted by molar-refractivity contribution is 0.278. The van der Waals surface area contributed by atoms with Crippen molar-refractivity contribution in [1.29, 1.82) is 0 Å². The third kappa shape index (κ3) is 4.46. The number of hydrogen-bond donors (Lipinski definition) is 1. The van der Waals surface area contributed by atoms with Crippen LogP contribution in [0.5, 0.6) is 11.6 Å². The molecule has 9 heteroatoms. The lowest BCUT2D eigenvalue weighted by Crippen LogP contribution is -2.24. The zero-order valence-electron chi connectivity index (χ0n) is 17.5. The summed E-state index contributed by atoms with van der Waals surface area (Å²) in [5.74, 6) is 1.96. The molecule has 3 aromatic heterocycles. The van der Waals surface area contributed by atoms with Crippen molar-refractivity contribution in [3.8, 4) is 11.6 Å². The maximum absolute atomic E-state index is 12.4. The van der Waals surface area contributed by atoms with Gasteiger partial charge in [0.25, 0.3) is 5.56 Å². The van der Waals surface area contributed by atoms with Crippen molar-refractivity contribution >= 4 is 17.0 Å². The van der Waals surface area contributed by atoms with Gasteiger partial charge >= 0.3 is 0 Å². The molecule has 3 heterocycles. The van der Waals surface area contributed by atoms with Crippen LogP contribution in [-0.2, 0) is 13.6 Å². The van der Waals surface area contributed by atoms with Gasteiger partial charge in [0.15, 0.2) is 0 Å². The molecule has 0 saturated heterocycles. The molecule has 4 rings (SSSR count). The molecule has 0 aliphatic heterocycles. The van der Waals surface area contributed by atoms with E-state index < -0.39 is 0 Å². The summed E-state index contributed by atoms with van der Waals surface area (Å²) >= 11 is 1.63. The molecule has 2 atom stereocenters. The van der Waals surface area contributed by atoms with E-state index in [-0.39, 0.29) is 5.56 Å². The lowest BCUT2D eigenvalue weighted by Gasteiger charge is -2.10. The number of ether oxygens (including phenoxy) is 2. The Balaban J connectivity index is 1.37. The van der Waals surface area contributed by atoms with Crippen molar-refractivity contribution < 1.29 is 9.47 Å². The van der Waals surface area contributed by atoms with E-state index in [1.165, 1.54) is 9.56 Å². The van der Waals surface area contributed by atoms with E-state index in [0.717, 1.165) is 28.6 Å². The molecule has 8 nitrogen and oxygen atoms in total. The summed E-state index contributed by atoms with van der Waals surface area (Å²) in [6.45, 7) is 5.06. The molecule has 0 bridgehead atoms. The highest BCUT2D eigenvalue weighted by Gasteiger charge is 2.40. The fraction of sp³-hybridized carbons (Fsp3) is 0.429. The lowest BCUT2D eigenvalue weighted by atomic mass is 10.2. The molecule has 0 radical (unpaired) electrons. The van der Waals surface area contributed by atoms with Crippen LogP contribution in [0.3, 0.4) is 0 Å². The number of pyridine rings is 1. The first-order valence-electron chi connectivity index (χ1n) is 9.82. The van der Waals surface area contributed by atoms with Crippen LogP contribution in [0.25, 0.3) is 0 Å². The number of hydrogen-bond acceptors (Lipinski definition) is 8. The van der Waals surface area contributed by atoms with Crippen molar-refractivity contribution in [1.82, 2.24) is 19.7 Å². The quantitative estimate of drug-likeness (QED) is 0.591. The first-order chi connectivity index (χ1) is 14.4. The number of anilines is 1. The number of aryl methyl sites for hydroxylation is 3. The van der Waals surface area contributed by atoms with Crippen molar-refractivity contribution in [2.24, 2.45) is 13.0 Å². The summed E-state index contributed by atoms with van der Waals surface area (Å²) in [6.07, 6.45) is 2.77. The number of methoxy groups -OCH3 is 1. The molecule has 1 saturated carbocycles. The molecule has 1 fully saturated rings. The minimum atomic E-state index is -0.195. The van der Waals surface area contributed by atoms with Gasteiger partial charge in [-0.1, -0.05) is 0 Å². The molecular weight excluding hydrogens is 402 g/mol. The average Bonchev–Trinajstić information content (AvgIpc) is 3.45. The summed E-state index contributed by atoms with van der Waals surface area (Å²) < 4.78 is 12.4. The highest BCUT2D eigenvalue weighted by Crippen LogP contribution is 2.46. The smallest absolute Gasteiger partial charge is 0.290 e. The van der Waals surface area contributed by atoms with Gasteiger partial charge in [-0.3, -0.25) is 9.78 Å². The molecule has 0 spiro atoms. The largest absolute Gasteiger partial charge is 0.495 e. The summed E-state index contributed by atoms with van der Waals surface area (Å²) in [4.78, 5) is 22.5. The molecule has 0 aromatic carbocycles. The Labute approximate surface area is 178 Å². The van der Waals surface area contributed by atoms with Crippen molar-refractivity contribution in [2.45, 2.75) is 32.7 Å². The average molecular weight is 428 g/mol. The number of aromatic nitrogens is 4. The van der Waals surface area contributed by atoms with Crippen LogP contribution in [0.1, 0.15) is 33.6 Å². The zero-order chi connectivity index (χ0) is 21.3. The predicted octanol–water partition coefficient (Wildman–Crippen LogP) is 3.05. The SMILES string of the molecule is COc1ccc([C@H]2CC2COc2cc(NCc3nc(C)c(C)s3)c(=O)n(C)n2)nc1. The molecule has 1 N–H and O–H groups in total. The summed E-state index contributed by atoms with van der Waals surface area (Å²) in [7, 11) is 3.26. The second-order valence-corrected chi connectivity index (χ2v) is 8.75. The third-order valence-electron chi connectivity index (χ3n) is 5.29. The van der Waals surface area contributed by atoms with E-state index in [9.17, 15) is 4.79 Å². The Morgan fingerprint density at radius 3 is 2.83 bits per heavy atom. The molecule has 1 aliphatic rings. The van der Waals surface area contributed by atoms with Crippen LogP contribution in [0.15, 0.2) is 29.2 Å². The van der Waals surface area contributed by atoms with Crippen molar-refractivity contribution in [3.05, 3.63) is 56.0 Å². The fourth-order valence-electron chi connectivity index (χ4n) is 3.28. The second kappa shape index (κ2) is 8.43. The molecule has 3 aromatic rings. The first-order valence-corrected chi connectivity index (χ1v) is 10.6. The third-order valence-corrected chi connectivity index (χ3v) is 6.36. The van der Waals surface area contributed by atoms with E-state index in [1.54, 1.807) is 37.8 Å². The molecule has 30 heavy (non-hydrogen) atoms. The second-order valence-electron chi connectivity index (χ2n) is 7.46. The Hall–Kier alpha value is -2.94.